The summed E-state index contributed by atoms with van der Waals surface area (Å²) in [5, 5.41) is 9.27. The first-order valence-electron chi connectivity index (χ1n) is 6.87. The van der Waals surface area contributed by atoms with E-state index in [1.165, 1.54) is 0 Å². The van der Waals surface area contributed by atoms with Crippen molar-refractivity contribution in [2.45, 2.75) is 52.5 Å². The van der Waals surface area contributed by atoms with E-state index < -0.39 is 0 Å². The third-order valence-electron chi connectivity index (χ3n) is 2.71. The maximum absolute atomic E-state index is 11.5. The van der Waals surface area contributed by atoms with E-state index in [2.05, 4.69) is 34.8 Å². The van der Waals surface area contributed by atoms with Gasteiger partial charge in [-0.05, 0) is 19.8 Å². The van der Waals surface area contributed by atoms with Crippen molar-refractivity contribution in [1.29, 1.82) is 0 Å². The van der Waals surface area contributed by atoms with Gasteiger partial charge in [0.15, 0.2) is 5.96 Å². The van der Waals surface area contributed by atoms with Crippen molar-refractivity contribution < 1.29 is 4.79 Å². The molecule has 3 N–H and O–H groups in total. The molecule has 0 fully saturated rings. The fourth-order valence-electron chi connectivity index (χ4n) is 1.35. The number of halogens is 1. The SMILES string of the molecule is CCCCNC(=NC)NCCC(=O)NC(C)CC.I. The zero-order valence-electron chi connectivity index (χ0n) is 12.6. The number of nitrogens with zero attached hydrogens (tertiary/aromatic N) is 1. The van der Waals surface area contributed by atoms with Gasteiger partial charge in [0.05, 0.1) is 0 Å². The van der Waals surface area contributed by atoms with E-state index in [0.29, 0.717) is 13.0 Å². The molecule has 0 aromatic carbocycles. The summed E-state index contributed by atoms with van der Waals surface area (Å²) in [5.41, 5.74) is 0. The van der Waals surface area contributed by atoms with Crippen LogP contribution in [0.1, 0.15) is 46.5 Å². The van der Waals surface area contributed by atoms with Gasteiger partial charge < -0.3 is 16.0 Å². The fraction of sp³-hybridized carbons (Fsp3) is 0.846. The predicted octanol–water partition coefficient (Wildman–Crippen LogP) is 1.87. The van der Waals surface area contributed by atoms with Crippen LogP contribution in [-0.2, 0) is 4.79 Å². The molecule has 0 heterocycles. The number of rotatable bonds is 8. The third kappa shape index (κ3) is 12.3. The lowest BCUT2D eigenvalue weighted by molar-refractivity contribution is -0.121. The Balaban J connectivity index is 0. The van der Waals surface area contributed by atoms with Crippen LogP contribution in [0.4, 0.5) is 0 Å². The van der Waals surface area contributed by atoms with Crippen LogP contribution >= 0.6 is 24.0 Å². The van der Waals surface area contributed by atoms with Crippen LogP contribution in [0.5, 0.6) is 0 Å². The minimum absolute atomic E-state index is 0. The Bertz CT molecular complexity index is 259. The Hall–Kier alpha value is -0.530. The van der Waals surface area contributed by atoms with Crippen molar-refractivity contribution >= 4 is 35.8 Å². The van der Waals surface area contributed by atoms with Gasteiger partial charge >= 0.3 is 0 Å². The van der Waals surface area contributed by atoms with Crippen LogP contribution in [0.15, 0.2) is 4.99 Å². The molecule has 0 radical (unpaired) electrons. The normalized spacial score (nSPS) is 12.3. The van der Waals surface area contributed by atoms with Crippen LogP contribution in [0.2, 0.25) is 0 Å². The second-order valence-corrected chi connectivity index (χ2v) is 4.41. The number of unbranched alkanes of at least 4 members (excludes halogenated alkanes) is 1. The highest BCUT2D eigenvalue weighted by Crippen LogP contribution is 1.89. The molecule has 0 aromatic heterocycles. The summed E-state index contributed by atoms with van der Waals surface area (Å²) >= 11 is 0. The molecule has 0 saturated heterocycles. The van der Waals surface area contributed by atoms with Gasteiger partial charge in [-0.1, -0.05) is 20.3 Å². The molecule has 1 amide bonds. The Kier molecular flexibility index (Phi) is 15.2. The number of carbonyl (C=O) groups excluding carboxylic acids is 1. The van der Waals surface area contributed by atoms with Crippen molar-refractivity contribution in [1.82, 2.24) is 16.0 Å². The van der Waals surface area contributed by atoms with E-state index in [0.717, 1.165) is 31.8 Å². The highest BCUT2D eigenvalue weighted by atomic mass is 127. The minimum Gasteiger partial charge on any atom is -0.356 e. The Labute approximate surface area is 134 Å². The largest absolute Gasteiger partial charge is 0.356 e. The van der Waals surface area contributed by atoms with Gasteiger partial charge in [-0.2, -0.15) is 0 Å². The van der Waals surface area contributed by atoms with Crippen molar-refractivity contribution in [3.8, 4) is 0 Å². The van der Waals surface area contributed by atoms with Gasteiger partial charge in [0, 0.05) is 32.6 Å². The van der Waals surface area contributed by atoms with Crippen molar-refractivity contribution in [2.75, 3.05) is 20.1 Å². The zero-order chi connectivity index (χ0) is 13.8. The fourth-order valence-corrected chi connectivity index (χ4v) is 1.35. The molecule has 1 unspecified atom stereocenters. The molecule has 0 aliphatic carbocycles. The average molecular weight is 384 g/mol. The summed E-state index contributed by atoms with van der Waals surface area (Å²) < 4.78 is 0. The molecule has 0 aromatic rings. The number of carbonyl (C=O) groups is 1. The van der Waals surface area contributed by atoms with Crippen molar-refractivity contribution in [3.05, 3.63) is 0 Å². The Morgan fingerprint density at radius 1 is 1.21 bits per heavy atom. The van der Waals surface area contributed by atoms with E-state index in [1.807, 2.05) is 6.92 Å². The van der Waals surface area contributed by atoms with E-state index >= 15 is 0 Å². The number of hydrogen-bond acceptors (Lipinski definition) is 2. The van der Waals surface area contributed by atoms with Crippen LogP contribution in [-0.4, -0.2) is 38.0 Å². The molecule has 0 bridgehead atoms. The number of amides is 1. The first-order valence-corrected chi connectivity index (χ1v) is 6.87. The maximum atomic E-state index is 11.5. The predicted molar refractivity (Wildman–Crippen MR) is 92.2 cm³/mol. The second kappa shape index (κ2) is 13.9. The van der Waals surface area contributed by atoms with Crippen molar-refractivity contribution in [2.24, 2.45) is 4.99 Å². The van der Waals surface area contributed by atoms with Crippen molar-refractivity contribution in [3.63, 3.8) is 0 Å². The zero-order valence-corrected chi connectivity index (χ0v) is 14.9. The molecule has 5 nitrogen and oxygen atoms in total. The van der Waals surface area contributed by atoms with Gasteiger partial charge in [-0.25, -0.2) is 0 Å². The summed E-state index contributed by atoms with van der Waals surface area (Å²) in [6.45, 7) is 7.74. The molecule has 0 aliphatic heterocycles. The topological polar surface area (TPSA) is 65.5 Å². The third-order valence-corrected chi connectivity index (χ3v) is 2.71. The molecule has 0 saturated carbocycles. The smallest absolute Gasteiger partial charge is 0.221 e. The lowest BCUT2D eigenvalue weighted by atomic mass is 10.2. The molecule has 1 atom stereocenters. The van der Waals surface area contributed by atoms with E-state index in [4.69, 9.17) is 0 Å². The summed E-state index contributed by atoms with van der Waals surface area (Å²) in [5.74, 6) is 0.848. The van der Waals surface area contributed by atoms with Gasteiger partial charge in [0.2, 0.25) is 5.91 Å². The van der Waals surface area contributed by atoms with Crippen LogP contribution in [0.25, 0.3) is 0 Å². The first kappa shape index (κ1) is 20.8. The van der Waals surface area contributed by atoms with E-state index in [-0.39, 0.29) is 35.9 Å². The quantitative estimate of drug-likeness (QED) is 0.259. The molecule has 0 rings (SSSR count). The second-order valence-electron chi connectivity index (χ2n) is 4.41. The van der Waals surface area contributed by atoms with E-state index in [1.54, 1.807) is 7.05 Å². The Morgan fingerprint density at radius 2 is 1.84 bits per heavy atom. The maximum Gasteiger partial charge on any atom is 0.221 e. The molecule has 114 valence electrons. The number of hydrogen-bond donors (Lipinski definition) is 3. The summed E-state index contributed by atoms with van der Waals surface area (Å²) in [7, 11) is 1.74. The molecule has 0 aliphatic rings. The van der Waals surface area contributed by atoms with Gasteiger partial charge in [-0.15, -0.1) is 24.0 Å². The number of guanidine groups is 1. The van der Waals surface area contributed by atoms with Gasteiger partial charge in [-0.3, -0.25) is 9.79 Å². The average Bonchev–Trinajstić information content (AvgIpc) is 2.36. The molecular weight excluding hydrogens is 355 g/mol. The molecule has 6 heteroatoms. The molecule has 0 spiro atoms. The van der Waals surface area contributed by atoms with Crippen LogP contribution in [0, 0.1) is 0 Å². The minimum atomic E-state index is 0. The lowest BCUT2D eigenvalue weighted by Gasteiger charge is -2.13. The number of aliphatic imine (C=N–C) groups is 1. The summed E-state index contributed by atoms with van der Waals surface area (Å²) in [6.07, 6.45) is 3.70. The lowest BCUT2D eigenvalue weighted by Crippen LogP contribution is -2.40. The standard InChI is InChI=1S/C13H28N4O.HI/c1-5-7-9-15-13(14-4)16-10-8-12(18)17-11(3)6-2;/h11H,5-10H2,1-4H3,(H,17,18)(H2,14,15,16);1H. The van der Waals surface area contributed by atoms with Gasteiger partial charge in [0.25, 0.3) is 0 Å². The summed E-state index contributed by atoms with van der Waals surface area (Å²) in [4.78, 5) is 15.6. The first-order chi connectivity index (χ1) is 8.63. The highest BCUT2D eigenvalue weighted by molar-refractivity contribution is 14.0. The van der Waals surface area contributed by atoms with E-state index in [9.17, 15) is 4.79 Å². The Morgan fingerprint density at radius 3 is 2.37 bits per heavy atom. The molecular formula is C13H29IN4O. The summed E-state index contributed by atoms with van der Waals surface area (Å²) in [6, 6.07) is 0.250. The monoisotopic (exact) mass is 384 g/mol. The highest BCUT2D eigenvalue weighted by Gasteiger charge is 2.05. The number of nitrogens with one attached hydrogen (secondary N) is 3. The van der Waals surface area contributed by atoms with Crippen LogP contribution in [0.3, 0.4) is 0 Å². The van der Waals surface area contributed by atoms with Gasteiger partial charge in [0.1, 0.15) is 0 Å². The van der Waals surface area contributed by atoms with Crippen LogP contribution < -0.4 is 16.0 Å². The molecule has 19 heavy (non-hydrogen) atoms.